The molecule has 122 valence electrons. The number of rotatable bonds is 3. The predicted octanol–water partition coefficient (Wildman–Crippen LogP) is 1.71. The molecule has 1 aromatic heterocycles. The molecule has 6 nitrogen and oxygen atoms in total. The van der Waals surface area contributed by atoms with E-state index in [0.717, 1.165) is 15.8 Å². The topological polar surface area (TPSA) is 75.4 Å². The first-order valence-corrected chi connectivity index (χ1v) is 6.81. The zero-order chi connectivity index (χ0) is 16.7. The van der Waals surface area contributed by atoms with Crippen LogP contribution in [-0.4, -0.2) is 44.8 Å². The van der Waals surface area contributed by atoms with Gasteiger partial charge in [-0.3, -0.25) is 14.3 Å². The molecule has 2 heterocycles. The summed E-state index contributed by atoms with van der Waals surface area (Å²) >= 11 is 0. The summed E-state index contributed by atoms with van der Waals surface area (Å²) in [5.74, 6) is -2.96. The minimum atomic E-state index is -4.73. The predicted molar refractivity (Wildman–Crippen MR) is 69.1 cm³/mol. The number of carbonyl (C=O) groups is 2. The number of amides is 1. The third-order valence-electron chi connectivity index (χ3n) is 3.80. The smallest absolute Gasteiger partial charge is 0.435 e. The number of nitrogens with zero attached hydrogens (tertiary/aromatic N) is 3. The number of carboxylic acid groups (broad SMARTS) is 1. The Kier molecular flexibility index (Phi) is 4.17. The Hall–Kier alpha value is -2.06. The first-order valence-electron chi connectivity index (χ1n) is 6.81. The molecule has 0 unspecified atom stereocenters. The van der Waals surface area contributed by atoms with Gasteiger partial charge < -0.3 is 10.0 Å². The molecule has 0 bridgehead atoms. The average Bonchev–Trinajstić information content (AvgIpc) is 3.00. The molecule has 22 heavy (non-hydrogen) atoms. The summed E-state index contributed by atoms with van der Waals surface area (Å²) < 4.78 is 40.0. The van der Waals surface area contributed by atoms with Gasteiger partial charge in [-0.25, -0.2) is 0 Å². The van der Waals surface area contributed by atoms with Gasteiger partial charge in [-0.2, -0.15) is 18.3 Å². The molecule has 1 aliphatic rings. The van der Waals surface area contributed by atoms with E-state index in [1.807, 2.05) is 0 Å². The zero-order valence-electron chi connectivity index (χ0n) is 12.1. The van der Waals surface area contributed by atoms with Gasteiger partial charge in [0.15, 0.2) is 5.69 Å². The number of hydrogen-bond acceptors (Lipinski definition) is 3. The van der Waals surface area contributed by atoms with Gasteiger partial charge in [0.2, 0.25) is 0 Å². The summed E-state index contributed by atoms with van der Waals surface area (Å²) in [6, 6.07) is 0. The maximum absolute atomic E-state index is 13.0. The van der Waals surface area contributed by atoms with Crippen molar-refractivity contribution in [2.24, 2.45) is 11.8 Å². The monoisotopic (exact) mass is 319 g/mol. The summed E-state index contributed by atoms with van der Waals surface area (Å²) in [5.41, 5.74) is -1.77. The molecule has 1 aliphatic heterocycles. The Morgan fingerprint density at radius 2 is 2.05 bits per heavy atom. The maximum Gasteiger partial charge on any atom is 0.435 e. The Balaban J connectivity index is 2.31. The van der Waals surface area contributed by atoms with E-state index >= 15 is 0 Å². The Morgan fingerprint density at radius 1 is 1.41 bits per heavy atom. The van der Waals surface area contributed by atoms with Crippen molar-refractivity contribution >= 4 is 11.9 Å². The summed E-state index contributed by atoms with van der Waals surface area (Å²) in [6.07, 6.45) is -3.67. The minimum absolute atomic E-state index is 0.0933. The molecule has 2 atom stereocenters. The Labute approximate surface area is 124 Å². The third-order valence-corrected chi connectivity index (χ3v) is 3.80. The van der Waals surface area contributed by atoms with Gasteiger partial charge in [0.25, 0.3) is 5.91 Å². The fourth-order valence-electron chi connectivity index (χ4n) is 2.57. The molecule has 0 radical (unpaired) electrons. The first-order chi connectivity index (χ1) is 10.1. The summed E-state index contributed by atoms with van der Waals surface area (Å²) in [5, 5.41) is 12.4. The number of alkyl halides is 3. The first kappa shape index (κ1) is 16.3. The quantitative estimate of drug-likeness (QED) is 0.920. The molecular formula is C13H16F3N3O3. The van der Waals surface area contributed by atoms with Crippen LogP contribution in [0.5, 0.6) is 0 Å². The van der Waals surface area contributed by atoms with Crippen molar-refractivity contribution < 1.29 is 27.9 Å². The molecule has 2 rings (SSSR count). The highest BCUT2D eigenvalue weighted by Gasteiger charge is 2.43. The molecule has 0 aromatic carbocycles. The average molecular weight is 319 g/mol. The van der Waals surface area contributed by atoms with Crippen LogP contribution in [-0.2, 0) is 17.5 Å². The van der Waals surface area contributed by atoms with E-state index in [1.54, 1.807) is 13.8 Å². The Bertz CT molecular complexity index is 597. The fraction of sp³-hybridized carbons (Fsp3) is 0.615. The van der Waals surface area contributed by atoms with Crippen molar-refractivity contribution in [3.8, 4) is 0 Å². The number of carboxylic acids is 1. The van der Waals surface area contributed by atoms with Crippen LogP contribution in [0.4, 0.5) is 13.2 Å². The second kappa shape index (κ2) is 5.62. The van der Waals surface area contributed by atoms with Crippen molar-refractivity contribution in [2.75, 3.05) is 13.1 Å². The van der Waals surface area contributed by atoms with Crippen LogP contribution in [0.15, 0.2) is 6.20 Å². The van der Waals surface area contributed by atoms with Crippen molar-refractivity contribution in [3.05, 3.63) is 17.5 Å². The molecule has 0 spiro atoms. The van der Waals surface area contributed by atoms with Gasteiger partial charge in [0.1, 0.15) is 0 Å². The number of likely N-dealkylation sites (tertiary alicyclic amines) is 1. The lowest BCUT2D eigenvalue weighted by Crippen LogP contribution is -2.31. The van der Waals surface area contributed by atoms with E-state index in [9.17, 15) is 22.8 Å². The van der Waals surface area contributed by atoms with Crippen molar-refractivity contribution in [1.29, 1.82) is 0 Å². The molecule has 1 saturated heterocycles. The second-order valence-corrected chi connectivity index (χ2v) is 5.38. The van der Waals surface area contributed by atoms with Crippen LogP contribution in [0.1, 0.15) is 29.9 Å². The van der Waals surface area contributed by atoms with Crippen LogP contribution >= 0.6 is 0 Å². The van der Waals surface area contributed by atoms with Crippen LogP contribution in [0, 0.1) is 11.8 Å². The van der Waals surface area contributed by atoms with Gasteiger partial charge in [0, 0.05) is 25.8 Å². The van der Waals surface area contributed by atoms with Gasteiger partial charge in [-0.05, 0) is 12.8 Å². The molecule has 1 N–H and O–H groups in total. The fourth-order valence-corrected chi connectivity index (χ4v) is 2.57. The number of hydrogen-bond donors (Lipinski definition) is 1. The Morgan fingerprint density at radius 3 is 2.50 bits per heavy atom. The maximum atomic E-state index is 13.0. The van der Waals surface area contributed by atoms with Gasteiger partial charge in [-0.1, -0.05) is 6.92 Å². The minimum Gasteiger partial charge on any atom is -0.481 e. The third kappa shape index (κ3) is 2.93. The lowest BCUT2D eigenvalue weighted by molar-refractivity contribution is -0.143. The number of aromatic nitrogens is 2. The van der Waals surface area contributed by atoms with Crippen LogP contribution in [0.2, 0.25) is 0 Å². The number of aliphatic carboxylic acids is 1. The van der Waals surface area contributed by atoms with E-state index in [0.29, 0.717) is 0 Å². The van der Waals surface area contributed by atoms with E-state index in [-0.39, 0.29) is 25.6 Å². The standard InChI is InChI=1S/C13H16F3N3O3/c1-3-19-6-9(10(17-19)13(14,15)16)11(20)18-4-7(2)8(5-18)12(21)22/h6-8H,3-5H2,1-2H3,(H,21,22)/t7-,8-/m1/s1. The van der Waals surface area contributed by atoms with Gasteiger partial charge in [-0.15, -0.1) is 0 Å². The van der Waals surface area contributed by atoms with E-state index in [2.05, 4.69) is 5.10 Å². The highest BCUT2D eigenvalue weighted by Crippen LogP contribution is 2.33. The molecule has 0 saturated carbocycles. The zero-order valence-corrected chi connectivity index (χ0v) is 12.1. The van der Waals surface area contributed by atoms with E-state index in [1.165, 1.54) is 0 Å². The number of carbonyl (C=O) groups excluding carboxylic acids is 1. The van der Waals surface area contributed by atoms with Gasteiger partial charge >= 0.3 is 12.1 Å². The molecule has 0 aliphatic carbocycles. The summed E-state index contributed by atoms with van der Waals surface area (Å²) in [4.78, 5) is 24.5. The van der Waals surface area contributed by atoms with Crippen molar-refractivity contribution in [3.63, 3.8) is 0 Å². The number of halogens is 3. The lowest BCUT2D eigenvalue weighted by atomic mass is 9.99. The lowest BCUT2D eigenvalue weighted by Gasteiger charge is -2.16. The van der Waals surface area contributed by atoms with Crippen molar-refractivity contribution in [2.45, 2.75) is 26.6 Å². The van der Waals surface area contributed by atoms with Crippen LogP contribution in [0.25, 0.3) is 0 Å². The summed E-state index contributed by atoms with van der Waals surface area (Å²) in [6.45, 7) is 3.49. The summed E-state index contributed by atoms with van der Waals surface area (Å²) in [7, 11) is 0. The molecule has 1 aromatic rings. The molecule has 1 fully saturated rings. The van der Waals surface area contributed by atoms with E-state index in [4.69, 9.17) is 5.11 Å². The second-order valence-electron chi connectivity index (χ2n) is 5.38. The molecule has 1 amide bonds. The SMILES string of the molecule is CCn1cc(C(=O)N2C[C@@H](C)[C@H](C(=O)O)C2)c(C(F)(F)F)n1. The normalized spacial score (nSPS) is 22.1. The van der Waals surface area contributed by atoms with Crippen molar-refractivity contribution in [1.82, 2.24) is 14.7 Å². The molecule has 9 heteroatoms. The number of aryl methyl sites for hydroxylation is 1. The highest BCUT2D eigenvalue weighted by molar-refractivity contribution is 5.96. The highest BCUT2D eigenvalue weighted by atomic mass is 19.4. The van der Waals surface area contributed by atoms with E-state index < -0.39 is 35.2 Å². The van der Waals surface area contributed by atoms with Gasteiger partial charge in [0.05, 0.1) is 11.5 Å². The molecular weight excluding hydrogens is 303 g/mol. The largest absolute Gasteiger partial charge is 0.481 e. The van der Waals surface area contributed by atoms with Crippen LogP contribution < -0.4 is 0 Å². The van der Waals surface area contributed by atoms with Crippen LogP contribution in [0.3, 0.4) is 0 Å².